The number of nitrogens with one attached hydrogen (secondary N) is 2. The summed E-state index contributed by atoms with van der Waals surface area (Å²) in [5, 5.41) is 5.71. The molecule has 3 aromatic rings. The van der Waals surface area contributed by atoms with E-state index in [1.807, 2.05) is 0 Å². The molecule has 2 amide bonds. The smallest absolute Gasteiger partial charge is 0.454 e. The van der Waals surface area contributed by atoms with Gasteiger partial charge < -0.3 is 25.0 Å². The van der Waals surface area contributed by atoms with Crippen molar-refractivity contribution in [1.29, 1.82) is 0 Å². The second-order valence-corrected chi connectivity index (χ2v) is 13.1. The van der Waals surface area contributed by atoms with Gasteiger partial charge in [0.05, 0.1) is 17.8 Å². The van der Waals surface area contributed by atoms with Crippen LogP contribution in [0.5, 0.6) is 0 Å². The number of hydrogen-bond acceptors (Lipinski definition) is 8. The molecule has 2 N–H and O–H groups in total. The van der Waals surface area contributed by atoms with Crippen molar-refractivity contribution < 1.29 is 68.2 Å². The second kappa shape index (κ2) is 16.3. The highest BCUT2D eigenvalue weighted by molar-refractivity contribution is 5.96. The van der Waals surface area contributed by atoms with Crippen LogP contribution in [0.3, 0.4) is 0 Å². The maximum absolute atomic E-state index is 13.4. The monoisotopic (exact) mass is 788 g/mol. The Kier molecular flexibility index (Phi) is 12.1. The first-order chi connectivity index (χ1) is 25.7. The van der Waals surface area contributed by atoms with Gasteiger partial charge in [-0.05, 0) is 67.5 Å². The van der Waals surface area contributed by atoms with E-state index in [9.17, 15) is 58.7 Å². The van der Waals surface area contributed by atoms with Gasteiger partial charge in [-0.25, -0.2) is 9.59 Å². The summed E-state index contributed by atoms with van der Waals surface area (Å²) < 4.78 is 127. The maximum Gasteiger partial charge on any atom is 0.490 e. The van der Waals surface area contributed by atoms with E-state index in [0.29, 0.717) is 30.2 Å². The Morgan fingerprint density at radius 1 is 0.818 bits per heavy atom. The number of carbonyl (C=O) groups is 4. The summed E-state index contributed by atoms with van der Waals surface area (Å²) in [6, 6.07) is 12.1. The Balaban J connectivity index is 1.19. The molecule has 10 nitrogen and oxygen atoms in total. The fourth-order valence-electron chi connectivity index (χ4n) is 6.53. The third-order valence-electron chi connectivity index (χ3n) is 9.33. The zero-order valence-corrected chi connectivity index (χ0v) is 28.6. The van der Waals surface area contributed by atoms with Crippen molar-refractivity contribution in [2.75, 3.05) is 19.6 Å². The van der Waals surface area contributed by atoms with Crippen molar-refractivity contribution in [2.45, 2.75) is 74.9 Å². The predicted molar refractivity (Wildman–Crippen MR) is 174 cm³/mol. The van der Waals surface area contributed by atoms with Crippen molar-refractivity contribution in [3.8, 4) is 11.1 Å². The topological polar surface area (TPSA) is 127 Å². The van der Waals surface area contributed by atoms with Gasteiger partial charge in [-0.15, -0.1) is 0 Å². The van der Waals surface area contributed by atoms with Crippen LogP contribution < -0.4 is 10.6 Å². The lowest BCUT2D eigenvalue weighted by atomic mass is 9.79. The molecule has 5 rings (SSSR count). The Labute approximate surface area is 307 Å². The van der Waals surface area contributed by atoms with Crippen LogP contribution in [0.1, 0.15) is 59.3 Å². The molecular weight excluding hydrogens is 755 g/mol. The van der Waals surface area contributed by atoms with Crippen LogP contribution in [0.15, 0.2) is 66.9 Å². The predicted octanol–water partition coefficient (Wildman–Crippen LogP) is 6.24. The molecule has 1 aromatic heterocycles. The molecule has 2 aliphatic rings. The third-order valence-corrected chi connectivity index (χ3v) is 9.33. The number of nitrogens with zero attached hydrogens (tertiary/aromatic N) is 2. The van der Waals surface area contributed by atoms with E-state index in [2.05, 4.69) is 20.4 Å². The van der Waals surface area contributed by atoms with Crippen molar-refractivity contribution >= 4 is 23.8 Å². The van der Waals surface area contributed by atoms with Gasteiger partial charge in [-0.3, -0.25) is 14.6 Å². The van der Waals surface area contributed by atoms with Crippen LogP contribution in [0.4, 0.5) is 39.5 Å². The molecule has 0 spiro atoms. The van der Waals surface area contributed by atoms with Crippen molar-refractivity contribution in [2.24, 2.45) is 0 Å². The van der Waals surface area contributed by atoms with Gasteiger partial charge in [0.25, 0.3) is 5.91 Å². The second-order valence-electron chi connectivity index (χ2n) is 13.1. The molecule has 2 aromatic carbocycles. The van der Waals surface area contributed by atoms with Crippen LogP contribution in [0.2, 0.25) is 0 Å². The number of esters is 2. The molecule has 0 unspecified atom stereocenters. The Bertz CT molecular complexity index is 1870. The van der Waals surface area contributed by atoms with E-state index < -0.39 is 66.6 Å². The number of aromatic nitrogens is 1. The van der Waals surface area contributed by atoms with E-state index in [-0.39, 0.29) is 61.1 Å². The first kappa shape index (κ1) is 41.0. The molecule has 1 saturated carbocycles. The van der Waals surface area contributed by atoms with Gasteiger partial charge in [-0.1, -0.05) is 36.4 Å². The number of pyridine rings is 1. The fraction of sp³-hybridized carbons (Fsp3) is 0.417. The number of halogens is 9. The molecule has 2 heterocycles. The maximum atomic E-state index is 13.4. The lowest BCUT2D eigenvalue weighted by Gasteiger charge is -2.40. The average Bonchev–Trinajstić information content (AvgIpc) is 3.61. The first-order valence-corrected chi connectivity index (χ1v) is 16.8. The van der Waals surface area contributed by atoms with Gasteiger partial charge in [0, 0.05) is 42.5 Å². The summed E-state index contributed by atoms with van der Waals surface area (Å²) in [7, 11) is 0. The van der Waals surface area contributed by atoms with Crippen LogP contribution in [0.25, 0.3) is 11.1 Å². The molecule has 2 fully saturated rings. The zero-order valence-electron chi connectivity index (χ0n) is 28.6. The van der Waals surface area contributed by atoms with E-state index in [4.69, 9.17) is 4.74 Å². The van der Waals surface area contributed by atoms with Crippen molar-refractivity contribution in [3.05, 3.63) is 89.2 Å². The van der Waals surface area contributed by atoms with Crippen LogP contribution in [0, 0.1) is 0 Å². The SMILES string of the molecule is O=C(NCC(=O)N1CC[C@H](NC2CCC(OC(=O)C(F)(F)F)(c3ccc(-c4ccccc4COC(=O)C(F)(F)F)cn3)CC2)C1)c1cccc(C(F)(F)F)c1. The molecular formula is C36H33F9N4O6. The minimum Gasteiger partial charge on any atom is -0.454 e. The van der Waals surface area contributed by atoms with E-state index in [1.54, 1.807) is 6.07 Å². The number of alkyl halides is 9. The lowest BCUT2D eigenvalue weighted by Crippen LogP contribution is -2.48. The molecule has 1 aliphatic heterocycles. The summed E-state index contributed by atoms with van der Waals surface area (Å²) in [4.78, 5) is 54.3. The van der Waals surface area contributed by atoms with Crippen LogP contribution in [-0.2, 0) is 42.2 Å². The molecule has 0 bridgehead atoms. The quantitative estimate of drug-likeness (QED) is 0.183. The van der Waals surface area contributed by atoms with Gasteiger partial charge >= 0.3 is 30.5 Å². The van der Waals surface area contributed by atoms with E-state index >= 15 is 0 Å². The average molecular weight is 789 g/mol. The molecule has 55 heavy (non-hydrogen) atoms. The normalized spacial score (nSPS) is 20.5. The number of rotatable bonds is 10. The molecule has 1 atom stereocenters. The Hall–Kier alpha value is -5.20. The van der Waals surface area contributed by atoms with E-state index in [0.717, 1.165) is 12.1 Å². The number of ether oxygens (including phenoxy) is 2. The number of amides is 2. The molecule has 1 saturated heterocycles. The third kappa shape index (κ3) is 10.3. The standard InChI is InChI=1S/C36H33F9N4O6/c37-34(38,39)24-6-3-5-21(16-24)30(51)47-18-29(50)49-15-12-26(19-49)48-25-10-13-33(14-11-25,55-32(53)36(43,44)45)28-9-8-22(17-46-28)27-7-2-1-4-23(27)20-54-31(52)35(40,41)42/h1-9,16-17,25-26,48H,10-15,18-20H2,(H,47,51)/t25?,26-,33?/m0/s1. The minimum atomic E-state index is -5.30. The highest BCUT2D eigenvalue weighted by Crippen LogP contribution is 2.42. The van der Waals surface area contributed by atoms with Crippen molar-refractivity contribution in [3.63, 3.8) is 0 Å². The summed E-state index contributed by atoms with van der Waals surface area (Å²) in [6.45, 7) is -0.644. The largest absolute Gasteiger partial charge is 0.490 e. The summed E-state index contributed by atoms with van der Waals surface area (Å²) in [5.74, 6) is -6.11. The van der Waals surface area contributed by atoms with Gasteiger partial charge in [-0.2, -0.15) is 39.5 Å². The minimum absolute atomic E-state index is 0.0121. The van der Waals surface area contributed by atoms with Crippen molar-refractivity contribution in [1.82, 2.24) is 20.5 Å². The first-order valence-electron chi connectivity index (χ1n) is 16.8. The summed E-state index contributed by atoms with van der Waals surface area (Å²) in [6.07, 6.45) is -13.1. The molecule has 1 aliphatic carbocycles. The molecule has 19 heteroatoms. The Morgan fingerprint density at radius 3 is 2.15 bits per heavy atom. The Morgan fingerprint density at radius 2 is 1.51 bits per heavy atom. The van der Waals surface area contributed by atoms with E-state index in [1.165, 1.54) is 47.5 Å². The number of likely N-dealkylation sites (tertiary alicyclic amines) is 1. The van der Waals surface area contributed by atoms with Gasteiger partial charge in [0.15, 0.2) is 5.60 Å². The summed E-state index contributed by atoms with van der Waals surface area (Å²) >= 11 is 0. The van der Waals surface area contributed by atoms with Crippen LogP contribution >= 0.6 is 0 Å². The number of hydrogen-bond donors (Lipinski definition) is 2. The number of benzene rings is 2. The summed E-state index contributed by atoms with van der Waals surface area (Å²) in [5.41, 5.74) is -2.16. The highest BCUT2D eigenvalue weighted by atomic mass is 19.4. The molecule has 0 radical (unpaired) electrons. The fourth-order valence-corrected chi connectivity index (χ4v) is 6.53. The van der Waals surface area contributed by atoms with Crippen LogP contribution in [-0.4, -0.2) is 77.7 Å². The number of carbonyl (C=O) groups excluding carboxylic acids is 4. The zero-order chi connectivity index (χ0) is 40.2. The highest BCUT2D eigenvalue weighted by Gasteiger charge is 2.49. The molecule has 296 valence electrons. The van der Waals surface area contributed by atoms with Gasteiger partial charge in [0.2, 0.25) is 5.91 Å². The van der Waals surface area contributed by atoms with Gasteiger partial charge in [0.1, 0.15) is 6.61 Å². The lowest BCUT2D eigenvalue weighted by molar-refractivity contribution is -0.219.